The summed E-state index contributed by atoms with van der Waals surface area (Å²) in [5, 5.41) is 10.4. The third-order valence-corrected chi connectivity index (χ3v) is 6.79. The topological polar surface area (TPSA) is 63.6 Å². The predicted molar refractivity (Wildman–Crippen MR) is 102 cm³/mol. The summed E-state index contributed by atoms with van der Waals surface area (Å²) in [6.07, 6.45) is 7.81. The van der Waals surface area contributed by atoms with E-state index in [0.717, 1.165) is 12.8 Å². The van der Waals surface area contributed by atoms with Gasteiger partial charge in [-0.2, -0.15) is 0 Å². The standard InChI is InChI=1S/C22H34O4/c1-7-26-20(24)22(6,25)11-8-14(2)18-12-15(3)19-13-17(23)9-10-21(19,5)16(18)4/h9-10,13-16,18,25H,7-8,11-12H2,1-6H3/t14?,15-,16?,18?,21+,22-/m0/s1. The number of hydrogen-bond acceptors (Lipinski definition) is 4. The highest BCUT2D eigenvalue weighted by atomic mass is 16.5. The molecule has 2 aliphatic carbocycles. The summed E-state index contributed by atoms with van der Waals surface area (Å²) >= 11 is 0. The van der Waals surface area contributed by atoms with Crippen LogP contribution in [0.15, 0.2) is 23.8 Å². The Bertz CT molecular complexity index is 616. The molecular formula is C22H34O4. The Morgan fingerprint density at radius 3 is 2.73 bits per heavy atom. The van der Waals surface area contributed by atoms with Gasteiger partial charge in [-0.15, -0.1) is 0 Å². The van der Waals surface area contributed by atoms with Gasteiger partial charge in [0, 0.05) is 5.41 Å². The van der Waals surface area contributed by atoms with Crippen molar-refractivity contribution < 1.29 is 19.4 Å². The number of aliphatic hydroxyl groups is 1. The van der Waals surface area contributed by atoms with E-state index < -0.39 is 11.6 Å². The molecule has 4 nitrogen and oxygen atoms in total. The molecule has 6 atom stereocenters. The van der Waals surface area contributed by atoms with Gasteiger partial charge in [-0.25, -0.2) is 4.79 Å². The van der Waals surface area contributed by atoms with Crippen LogP contribution in [0.2, 0.25) is 0 Å². The molecule has 146 valence electrons. The Morgan fingerprint density at radius 2 is 2.12 bits per heavy atom. The van der Waals surface area contributed by atoms with Gasteiger partial charge in [-0.3, -0.25) is 4.79 Å². The molecule has 0 bridgehead atoms. The maximum Gasteiger partial charge on any atom is 0.337 e. The maximum atomic E-state index is 11.9. The number of esters is 1. The average molecular weight is 363 g/mol. The van der Waals surface area contributed by atoms with Crippen molar-refractivity contribution in [3.63, 3.8) is 0 Å². The van der Waals surface area contributed by atoms with Gasteiger partial charge >= 0.3 is 5.97 Å². The molecule has 2 aliphatic rings. The van der Waals surface area contributed by atoms with Gasteiger partial charge in [0.15, 0.2) is 11.4 Å². The molecule has 0 aromatic carbocycles. The molecule has 0 aromatic rings. The highest BCUT2D eigenvalue weighted by Gasteiger charge is 2.47. The Balaban J connectivity index is 2.09. The molecule has 3 unspecified atom stereocenters. The lowest BCUT2D eigenvalue weighted by atomic mass is 9.54. The second-order valence-electron chi connectivity index (χ2n) is 8.72. The number of carbonyl (C=O) groups is 2. The molecule has 0 heterocycles. The van der Waals surface area contributed by atoms with Crippen molar-refractivity contribution in [3.05, 3.63) is 23.8 Å². The largest absolute Gasteiger partial charge is 0.464 e. The number of hydrogen-bond donors (Lipinski definition) is 1. The minimum absolute atomic E-state index is 0.0891. The molecule has 2 rings (SSSR count). The number of allylic oxidation sites excluding steroid dienone is 4. The molecule has 0 radical (unpaired) electrons. The van der Waals surface area contributed by atoms with Crippen LogP contribution < -0.4 is 0 Å². The fourth-order valence-electron chi connectivity index (χ4n) is 4.82. The van der Waals surface area contributed by atoms with Crippen LogP contribution in [0.25, 0.3) is 0 Å². The van der Waals surface area contributed by atoms with E-state index in [1.165, 1.54) is 5.57 Å². The van der Waals surface area contributed by atoms with E-state index in [1.54, 1.807) is 19.9 Å². The van der Waals surface area contributed by atoms with Crippen LogP contribution >= 0.6 is 0 Å². The van der Waals surface area contributed by atoms with Crippen LogP contribution in [0.4, 0.5) is 0 Å². The maximum absolute atomic E-state index is 11.9. The van der Waals surface area contributed by atoms with Gasteiger partial charge in [0.2, 0.25) is 0 Å². The highest BCUT2D eigenvalue weighted by molar-refractivity contribution is 6.01. The first kappa shape index (κ1) is 20.9. The second-order valence-corrected chi connectivity index (χ2v) is 8.72. The van der Waals surface area contributed by atoms with Gasteiger partial charge in [0.25, 0.3) is 0 Å². The molecule has 0 spiro atoms. The van der Waals surface area contributed by atoms with E-state index in [4.69, 9.17) is 4.74 Å². The third-order valence-electron chi connectivity index (χ3n) is 6.79. The minimum Gasteiger partial charge on any atom is -0.464 e. The lowest BCUT2D eigenvalue weighted by Crippen LogP contribution is -2.44. The monoisotopic (exact) mass is 362 g/mol. The van der Waals surface area contributed by atoms with Crippen LogP contribution in [-0.4, -0.2) is 29.1 Å². The van der Waals surface area contributed by atoms with Gasteiger partial charge in [0.1, 0.15) is 0 Å². The molecule has 1 fully saturated rings. The fraction of sp³-hybridized carbons (Fsp3) is 0.727. The van der Waals surface area contributed by atoms with Crippen LogP contribution in [0.3, 0.4) is 0 Å². The number of ether oxygens (including phenoxy) is 1. The smallest absolute Gasteiger partial charge is 0.337 e. The average Bonchev–Trinajstić information content (AvgIpc) is 2.58. The zero-order valence-corrected chi connectivity index (χ0v) is 17.0. The molecule has 0 aliphatic heterocycles. The summed E-state index contributed by atoms with van der Waals surface area (Å²) in [6.45, 7) is 12.5. The van der Waals surface area contributed by atoms with E-state index in [-0.39, 0.29) is 17.8 Å². The number of carbonyl (C=O) groups excluding carboxylic acids is 2. The summed E-state index contributed by atoms with van der Waals surface area (Å²) < 4.78 is 4.98. The Labute approximate surface area is 157 Å². The van der Waals surface area contributed by atoms with Crippen LogP contribution in [-0.2, 0) is 14.3 Å². The Morgan fingerprint density at radius 1 is 1.46 bits per heavy atom. The number of rotatable bonds is 6. The van der Waals surface area contributed by atoms with Crippen molar-refractivity contribution in [1.29, 1.82) is 0 Å². The zero-order chi connectivity index (χ0) is 19.7. The predicted octanol–water partition coefficient (Wildman–Crippen LogP) is 4.08. The molecule has 26 heavy (non-hydrogen) atoms. The van der Waals surface area contributed by atoms with Crippen molar-refractivity contribution >= 4 is 11.8 Å². The molecular weight excluding hydrogens is 328 g/mol. The lowest BCUT2D eigenvalue weighted by molar-refractivity contribution is -0.164. The molecule has 4 heteroatoms. The van der Waals surface area contributed by atoms with Crippen molar-refractivity contribution in [3.8, 4) is 0 Å². The van der Waals surface area contributed by atoms with E-state index in [1.807, 2.05) is 6.08 Å². The quantitative estimate of drug-likeness (QED) is 0.723. The van der Waals surface area contributed by atoms with Crippen molar-refractivity contribution in [1.82, 2.24) is 0 Å². The van der Waals surface area contributed by atoms with Gasteiger partial charge in [0.05, 0.1) is 6.61 Å². The summed E-state index contributed by atoms with van der Waals surface area (Å²) in [6, 6.07) is 0. The molecule has 0 amide bonds. The third kappa shape index (κ3) is 3.95. The molecule has 1 N–H and O–H groups in total. The highest BCUT2D eigenvalue weighted by Crippen LogP contribution is 2.54. The van der Waals surface area contributed by atoms with E-state index in [9.17, 15) is 14.7 Å². The first-order valence-corrected chi connectivity index (χ1v) is 9.87. The summed E-state index contributed by atoms with van der Waals surface area (Å²) in [5.74, 6) is 1.16. The van der Waals surface area contributed by atoms with Gasteiger partial charge < -0.3 is 9.84 Å². The number of ketones is 1. The summed E-state index contributed by atoms with van der Waals surface area (Å²) in [7, 11) is 0. The van der Waals surface area contributed by atoms with Crippen LogP contribution in [0.5, 0.6) is 0 Å². The lowest BCUT2D eigenvalue weighted by Gasteiger charge is -2.50. The first-order chi connectivity index (χ1) is 12.0. The SMILES string of the molecule is CCOC(=O)[C@@](C)(O)CCC(C)C1C[C@H](C)C2=CC(=O)C=C[C@]2(C)C1C. The zero-order valence-electron chi connectivity index (χ0n) is 17.0. The first-order valence-electron chi connectivity index (χ1n) is 9.87. The van der Waals surface area contributed by atoms with Crippen LogP contribution in [0, 0.1) is 29.1 Å². The fourth-order valence-corrected chi connectivity index (χ4v) is 4.82. The summed E-state index contributed by atoms with van der Waals surface area (Å²) in [5.41, 5.74) is -0.270. The second kappa shape index (κ2) is 7.67. The van der Waals surface area contributed by atoms with Gasteiger partial charge in [-0.05, 0) is 68.9 Å². The minimum atomic E-state index is -1.43. The molecule has 0 aromatic heterocycles. The van der Waals surface area contributed by atoms with E-state index >= 15 is 0 Å². The van der Waals surface area contributed by atoms with E-state index in [2.05, 4.69) is 33.8 Å². The van der Waals surface area contributed by atoms with E-state index in [0.29, 0.717) is 30.1 Å². The van der Waals surface area contributed by atoms with Crippen LogP contribution in [0.1, 0.15) is 60.8 Å². The Kier molecular flexibility index (Phi) is 6.17. The van der Waals surface area contributed by atoms with Crippen molar-refractivity contribution in [2.75, 3.05) is 6.61 Å². The Hall–Kier alpha value is -1.42. The molecule has 1 saturated carbocycles. The van der Waals surface area contributed by atoms with Crippen molar-refractivity contribution in [2.24, 2.45) is 29.1 Å². The summed E-state index contributed by atoms with van der Waals surface area (Å²) in [4.78, 5) is 23.7. The molecule has 0 saturated heterocycles. The van der Waals surface area contributed by atoms with Gasteiger partial charge in [-0.1, -0.05) is 39.3 Å². The van der Waals surface area contributed by atoms with Crippen molar-refractivity contribution in [2.45, 2.75) is 66.4 Å². The normalized spacial score (nSPS) is 34.5. The number of fused-ring (bicyclic) bond motifs is 1.